The second-order valence-corrected chi connectivity index (χ2v) is 12.1. The Hall–Kier alpha value is -2.35. The number of nitriles is 1. The van der Waals surface area contributed by atoms with Crippen molar-refractivity contribution in [3.63, 3.8) is 0 Å². The first kappa shape index (κ1) is 27.2. The van der Waals surface area contributed by atoms with Crippen molar-refractivity contribution in [2.75, 3.05) is 19.7 Å². The molecule has 1 saturated heterocycles. The van der Waals surface area contributed by atoms with Gasteiger partial charge in [-0.2, -0.15) is 22.7 Å². The zero-order valence-electron chi connectivity index (χ0n) is 17.1. The quantitative estimate of drug-likeness (QED) is 0.534. The highest BCUT2D eigenvalue weighted by Gasteiger charge is 2.55. The van der Waals surface area contributed by atoms with Gasteiger partial charge in [0.25, 0.3) is 0 Å². The molecular weight excluding hydrogens is 547 g/mol. The number of sulfone groups is 1. The molecule has 0 unspecified atom stereocenters. The summed E-state index contributed by atoms with van der Waals surface area (Å²) >= 11 is 5.74. The van der Waals surface area contributed by atoms with Crippen LogP contribution < -0.4 is 0 Å². The standard InChI is InChI=1S/C19H14ClF5N2O6S2/c20-13-3-10(19(23,24)25)1-2-16(13)35(32,33)27-7-17(18(29,8-27)9-28)34(30,31)11-4-14(21)12(6-26)15(22)5-11/h1-5,17,28-29H,7-9H2/t17-,18+/m0/s1. The van der Waals surface area contributed by atoms with E-state index < -0.39 is 94.2 Å². The first-order valence-electron chi connectivity index (χ1n) is 9.32. The van der Waals surface area contributed by atoms with Gasteiger partial charge in [-0.3, -0.25) is 0 Å². The molecule has 1 aliphatic rings. The molecule has 35 heavy (non-hydrogen) atoms. The highest BCUT2D eigenvalue weighted by molar-refractivity contribution is 7.92. The average Bonchev–Trinajstić information content (AvgIpc) is 3.12. The highest BCUT2D eigenvalue weighted by Crippen LogP contribution is 2.38. The van der Waals surface area contributed by atoms with Crippen molar-refractivity contribution >= 4 is 31.5 Å². The molecule has 1 aliphatic heterocycles. The Bertz CT molecular complexity index is 1420. The number of aliphatic hydroxyl groups excluding tert-OH is 1. The van der Waals surface area contributed by atoms with Crippen LogP contribution in [0.4, 0.5) is 22.0 Å². The summed E-state index contributed by atoms with van der Waals surface area (Å²) in [4.78, 5) is -1.86. The monoisotopic (exact) mass is 560 g/mol. The minimum absolute atomic E-state index is 0.304. The van der Waals surface area contributed by atoms with E-state index in [0.717, 1.165) is 0 Å². The summed E-state index contributed by atoms with van der Waals surface area (Å²) in [6.07, 6.45) is -4.83. The molecule has 0 spiro atoms. The van der Waals surface area contributed by atoms with Gasteiger partial charge in [0, 0.05) is 13.1 Å². The zero-order valence-corrected chi connectivity index (χ0v) is 19.5. The van der Waals surface area contributed by atoms with Crippen molar-refractivity contribution < 1.29 is 49.0 Å². The molecular formula is C19H14ClF5N2O6S2. The molecule has 0 saturated carbocycles. The van der Waals surface area contributed by atoms with Crippen molar-refractivity contribution in [2.24, 2.45) is 0 Å². The molecule has 0 aliphatic carbocycles. The molecule has 2 aromatic carbocycles. The maximum atomic E-state index is 14.0. The van der Waals surface area contributed by atoms with Gasteiger partial charge >= 0.3 is 6.18 Å². The van der Waals surface area contributed by atoms with Gasteiger partial charge in [-0.15, -0.1) is 0 Å². The number of alkyl halides is 3. The summed E-state index contributed by atoms with van der Waals surface area (Å²) in [6, 6.07) is 3.13. The van der Waals surface area contributed by atoms with E-state index >= 15 is 0 Å². The molecule has 2 N–H and O–H groups in total. The van der Waals surface area contributed by atoms with Crippen LogP contribution in [-0.4, -0.2) is 61.9 Å². The molecule has 2 atom stereocenters. The van der Waals surface area contributed by atoms with E-state index in [1.807, 2.05) is 0 Å². The smallest absolute Gasteiger partial charge is 0.393 e. The largest absolute Gasteiger partial charge is 0.416 e. The fourth-order valence-electron chi connectivity index (χ4n) is 3.56. The summed E-state index contributed by atoms with van der Waals surface area (Å²) in [5.41, 5.74) is -4.99. The fraction of sp³-hybridized carbons (Fsp3) is 0.316. The molecule has 190 valence electrons. The van der Waals surface area contributed by atoms with Crippen LogP contribution in [0.25, 0.3) is 0 Å². The van der Waals surface area contributed by atoms with E-state index in [1.54, 1.807) is 0 Å². The maximum Gasteiger partial charge on any atom is 0.416 e. The minimum Gasteiger partial charge on any atom is -0.393 e. The third-order valence-electron chi connectivity index (χ3n) is 5.40. The Balaban J connectivity index is 2.05. The maximum absolute atomic E-state index is 14.0. The number of nitrogens with zero attached hydrogens (tertiary/aromatic N) is 2. The molecule has 0 amide bonds. The number of rotatable bonds is 5. The van der Waals surface area contributed by atoms with Crippen LogP contribution in [-0.2, 0) is 26.0 Å². The van der Waals surface area contributed by atoms with Gasteiger partial charge in [0.1, 0.15) is 39.0 Å². The van der Waals surface area contributed by atoms with Crippen molar-refractivity contribution in [1.82, 2.24) is 4.31 Å². The second-order valence-electron chi connectivity index (χ2n) is 7.61. The summed E-state index contributed by atoms with van der Waals surface area (Å²) < 4.78 is 119. The molecule has 1 fully saturated rings. The first-order valence-corrected chi connectivity index (χ1v) is 12.7. The highest BCUT2D eigenvalue weighted by atomic mass is 35.5. The van der Waals surface area contributed by atoms with Crippen LogP contribution in [0.5, 0.6) is 0 Å². The topological polar surface area (TPSA) is 136 Å². The van der Waals surface area contributed by atoms with E-state index in [0.29, 0.717) is 34.6 Å². The van der Waals surface area contributed by atoms with Crippen LogP contribution in [0, 0.1) is 23.0 Å². The molecule has 0 aromatic heterocycles. The number of benzene rings is 2. The van der Waals surface area contributed by atoms with E-state index in [-0.39, 0.29) is 0 Å². The minimum atomic E-state index is -4.93. The van der Waals surface area contributed by atoms with E-state index in [1.165, 1.54) is 6.07 Å². The predicted octanol–water partition coefficient (Wildman–Crippen LogP) is 2.08. The second kappa shape index (κ2) is 8.95. The lowest BCUT2D eigenvalue weighted by Crippen LogP contribution is -2.49. The lowest BCUT2D eigenvalue weighted by molar-refractivity contribution is -0.137. The van der Waals surface area contributed by atoms with Crippen molar-refractivity contribution in [1.29, 1.82) is 5.26 Å². The summed E-state index contributed by atoms with van der Waals surface area (Å²) in [7, 11) is -9.74. The van der Waals surface area contributed by atoms with Gasteiger partial charge in [-0.05, 0) is 30.3 Å². The number of β-amino-alcohol motifs (C(OH)–C–C–N with tert-alkyl or cyclic N) is 1. The third-order valence-corrected chi connectivity index (χ3v) is 9.92. The lowest BCUT2D eigenvalue weighted by Gasteiger charge is -2.26. The molecule has 8 nitrogen and oxygen atoms in total. The lowest BCUT2D eigenvalue weighted by atomic mass is 10.1. The number of hydrogen-bond donors (Lipinski definition) is 2. The van der Waals surface area contributed by atoms with Crippen molar-refractivity contribution in [3.8, 4) is 6.07 Å². The van der Waals surface area contributed by atoms with Crippen LogP contribution in [0.15, 0.2) is 40.1 Å². The average molecular weight is 561 g/mol. The number of sulfonamides is 1. The molecule has 0 radical (unpaired) electrons. The van der Waals surface area contributed by atoms with Gasteiger partial charge in [-0.1, -0.05) is 11.6 Å². The Morgan fingerprint density at radius 1 is 1.14 bits per heavy atom. The summed E-state index contributed by atoms with van der Waals surface area (Å²) in [5.74, 6) is -3.06. The van der Waals surface area contributed by atoms with Gasteiger partial charge in [0.2, 0.25) is 10.0 Å². The number of aliphatic hydroxyl groups is 2. The van der Waals surface area contributed by atoms with Crippen molar-refractivity contribution in [2.45, 2.75) is 26.8 Å². The van der Waals surface area contributed by atoms with E-state index in [2.05, 4.69) is 0 Å². The fourth-order valence-corrected chi connectivity index (χ4v) is 7.66. The van der Waals surface area contributed by atoms with Crippen LogP contribution >= 0.6 is 11.6 Å². The molecule has 16 heteroatoms. The summed E-state index contributed by atoms with van der Waals surface area (Å²) in [5, 5.41) is 26.2. The molecule has 1 heterocycles. The van der Waals surface area contributed by atoms with Crippen LogP contribution in [0.2, 0.25) is 5.02 Å². The van der Waals surface area contributed by atoms with Crippen LogP contribution in [0.1, 0.15) is 11.1 Å². The summed E-state index contributed by atoms with van der Waals surface area (Å²) in [6.45, 7) is -3.37. The number of hydrogen-bond acceptors (Lipinski definition) is 7. The van der Waals surface area contributed by atoms with Gasteiger partial charge in [0.05, 0.1) is 22.1 Å². The normalized spacial score (nSPS) is 21.7. The Morgan fingerprint density at radius 2 is 1.71 bits per heavy atom. The molecule has 0 bridgehead atoms. The third kappa shape index (κ3) is 4.74. The van der Waals surface area contributed by atoms with E-state index in [9.17, 15) is 49.0 Å². The van der Waals surface area contributed by atoms with Gasteiger partial charge < -0.3 is 10.2 Å². The van der Waals surface area contributed by atoms with E-state index in [4.69, 9.17) is 16.9 Å². The molecule has 3 rings (SSSR count). The molecule has 2 aromatic rings. The Labute approximate surface area is 200 Å². The Kier molecular flexibility index (Phi) is 6.96. The van der Waals surface area contributed by atoms with Gasteiger partial charge in [-0.25, -0.2) is 25.6 Å². The first-order chi connectivity index (χ1) is 16.0. The van der Waals surface area contributed by atoms with Crippen molar-refractivity contribution in [3.05, 3.63) is 58.1 Å². The predicted molar refractivity (Wildman–Crippen MR) is 109 cm³/mol. The van der Waals surface area contributed by atoms with Gasteiger partial charge in [0.15, 0.2) is 9.84 Å². The zero-order chi connectivity index (χ0) is 26.6. The SMILES string of the molecule is N#Cc1c(F)cc(S(=O)(=O)[C@H]2CN(S(=O)(=O)c3ccc(C(F)(F)F)cc3Cl)C[C@@]2(O)CO)cc1F. The Morgan fingerprint density at radius 3 is 2.17 bits per heavy atom. The number of halogens is 6. The van der Waals surface area contributed by atoms with Crippen LogP contribution in [0.3, 0.4) is 0 Å².